The average Bonchev–Trinajstić information content (AvgIpc) is 2.71. The molecule has 0 bridgehead atoms. The van der Waals surface area contributed by atoms with Gasteiger partial charge < -0.3 is 35.1 Å². The number of rotatable bonds is 10. The van der Waals surface area contributed by atoms with E-state index in [1.165, 1.54) is 12.1 Å². The molecule has 0 aliphatic carbocycles. The third kappa shape index (κ3) is 9.89. The summed E-state index contributed by atoms with van der Waals surface area (Å²) in [7, 11) is -10.5. The molecule has 35 heavy (non-hydrogen) atoms. The summed E-state index contributed by atoms with van der Waals surface area (Å²) >= 11 is 0. The molecular formula is C21H31NNa2O9P2. The van der Waals surface area contributed by atoms with Gasteiger partial charge in [0.15, 0.2) is 5.40 Å². The molecule has 0 aromatic heterocycles. The Morgan fingerprint density at radius 2 is 1.29 bits per heavy atom. The Balaban J connectivity index is 0.00000578. The van der Waals surface area contributed by atoms with E-state index in [-0.39, 0.29) is 88.1 Å². The summed E-state index contributed by atoms with van der Waals surface area (Å²) in [4.78, 5) is 49.2. The van der Waals surface area contributed by atoms with Gasteiger partial charge in [-0.15, -0.1) is 0 Å². The van der Waals surface area contributed by atoms with E-state index in [4.69, 9.17) is 0 Å². The van der Waals surface area contributed by atoms with Crippen molar-refractivity contribution < 1.29 is 43.7 Å². The molecule has 0 saturated heterocycles. The summed E-state index contributed by atoms with van der Waals surface area (Å²) in [6.45, 7) is 4.01. The van der Waals surface area contributed by atoms with Gasteiger partial charge in [-0.3, -0.25) is 13.9 Å². The third-order valence-corrected chi connectivity index (χ3v) is 9.28. The summed E-state index contributed by atoms with van der Waals surface area (Å²) in [5.41, 5.74) is 1.76. The van der Waals surface area contributed by atoms with Gasteiger partial charge in [0.2, 0.25) is 5.91 Å². The summed E-state index contributed by atoms with van der Waals surface area (Å²) < 4.78 is 22.9. The summed E-state index contributed by atoms with van der Waals surface area (Å²) in [6.07, 6.45) is 0.370. The summed E-state index contributed by atoms with van der Waals surface area (Å²) in [5.74, 6) is -1.16. The van der Waals surface area contributed by atoms with E-state index in [0.717, 1.165) is 24.0 Å². The van der Waals surface area contributed by atoms with Gasteiger partial charge in [-0.1, -0.05) is 32.0 Å². The second-order valence-corrected chi connectivity index (χ2v) is 11.8. The van der Waals surface area contributed by atoms with Crippen LogP contribution in [0.3, 0.4) is 0 Å². The van der Waals surface area contributed by atoms with Gasteiger partial charge in [0, 0.05) is 0 Å². The number of aromatic hydroxyl groups is 2. The first-order valence-electron chi connectivity index (χ1n) is 10.3. The summed E-state index contributed by atoms with van der Waals surface area (Å²) in [5, 5.41) is 19.6. The topological polar surface area (TPSA) is 185 Å². The van der Waals surface area contributed by atoms with E-state index in [9.17, 15) is 43.7 Å². The van der Waals surface area contributed by atoms with E-state index in [0.29, 0.717) is 0 Å². The number of phenolic OH excluding ortho intramolecular Hbond substituents is 2. The van der Waals surface area contributed by atoms with Crippen LogP contribution in [0.4, 0.5) is 5.69 Å². The van der Waals surface area contributed by atoms with Crippen molar-refractivity contribution >= 4 is 85.9 Å². The van der Waals surface area contributed by atoms with Gasteiger partial charge in [0.1, 0.15) is 11.5 Å². The SMILES string of the molecule is CCC(c1ccc(O)cc1)C(CC)c1ccc(O)c(NC(=O)CC(P(=O)(O)O)P(=O)(O)O)c1.[NaH].[NaH]. The van der Waals surface area contributed by atoms with Crippen molar-refractivity contribution in [1.29, 1.82) is 0 Å². The van der Waals surface area contributed by atoms with Crippen molar-refractivity contribution in [3.63, 3.8) is 0 Å². The molecule has 0 radical (unpaired) electrons. The van der Waals surface area contributed by atoms with Crippen LogP contribution in [-0.2, 0) is 13.9 Å². The van der Waals surface area contributed by atoms with E-state index < -0.39 is 32.9 Å². The molecule has 0 aliphatic heterocycles. The van der Waals surface area contributed by atoms with Gasteiger partial charge in [-0.25, -0.2) is 0 Å². The van der Waals surface area contributed by atoms with Crippen LogP contribution < -0.4 is 5.32 Å². The van der Waals surface area contributed by atoms with Crippen LogP contribution in [0, 0.1) is 0 Å². The van der Waals surface area contributed by atoms with Gasteiger partial charge >= 0.3 is 74.3 Å². The molecule has 0 heterocycles. The van der Waals surface area contributed by atoms with Gasteiger partial charge in [-0.2, -0.15) is 0 Å². The van der Waals surface area contributed by atoms with E-state index >= 15 is 0 Å². The molecule has 2 rings (SSSR count). The predicted octanol–water partition coefficient (Wildman–Crippen LogP) is 2.50. The standard InChI is InChI=1S/C21H29NO9P2.2Na.2H/c1-3-16(13-5-8-15(23)9-6-13)17(4-2)14-7-10-19(24)18(11-14)22-20(25)12-21(32(26,27)28)33(29,30)31;;;;/h5-11,16-17,21,23-24H,3-4,12H2,1-2H3,(H,22,25)(H2,26,27,28)(H2,29,30,31);;;;. The molecule has 0 fully saturated rings. The van der Waals surface area contributed by atoms with Gasteiger partial charge in [0.05, 0.1) is 12.1 Å². The van der Waals surface area contributed by atoms with Crippen LogP contribution >= 0.6 is 15.2 Å². The molecule has 186 valence electrons. The fourth-order valence-electron chi connectivity index (χ4n) is 3.91. The number of phenols is 2. The molecule has 2 aromatic rings. The van der Waals surface area contributed by atoms with Gasteiger partial charge in [0.25, 0.3) is 0 Å². The molecule has 0 saturated carbocycles. The summed E-state index contributed by atoms with van der Waals surface area (Å²) in [6, 6.07) is 11.5. The first-order valence-corrected chi connectivity index (χ1v) is 13.7. The Hall–Kier alpha value is -0.190. The maximum atomic E-state index is 12.3. The fourth-order valence-corrected chi connectivity index (χ4v) is 6.29. The first-order chi connectivity index (χ1) is 15.3. The Morgan fingerprint density at radius 1 is 0.829 bits per heavy atom. The number of anilines is 1. The van der Waals surface area contributed by atoms with Crippen LogP contribution in [0.1, 0.15) is 56.1 Å². The van der Waals surface area contributed by atoms with Crippen LogP contribution in [-0.4, -0.2) is 100 Å². The molecule has 1 amide bonds. The molecule has 2 unspecified atom stereocenters. The van der Waals surface area contributed by atoms with Crippen molar-refractivity contribution in [1.82, 2.24) is 0 Å². The van der Waals surface area contributed by atoms with Crippen LogP contribution in [0.25, 0.3) is 0 Å². The molecule has 0 spiro atoms. The number of benzene rings is 2. The molecule has 7 N–H and O–H groups in total. The molecule has 2 atom stereocenters. The van der Waals surface area contributed by atoms with Crippen LogP contribution in [0.15, 0.2) is 42.5 Å². The first kappa shape index (κ1) is 34.8. The van der Waals surface area contributed by atoms with E-state index in [1.54, 1.807) is 18.2 Å². The number of hydrogen-bond donors (Lipinski definition) is 7. The monoisotopic (exact) mass is 549 g/mol. The average molecular weight is 549 g/mol. The number of hydrogen-bond acceptors (Lipinski definition) is 5. The number of carbonyl (C=O) groups is 1. The zero-order valence-electron chi connectivity index (χ0n) is 18.2. The zero-order chi connectivity index (χ0) is 25.0. The Kier molecular flexibility index (Phi) is 14.6. The Morgan fingerprint density at radius 3 is 1.74 bits per heavy atom. The van der Waals surface area contributed by atoms with Crippen molar-refractivity contribution in [3.8, 4) is 11.5 Å². The number of carbonyl (C=O) groups excluding carboxylic acids is 1. The normalized spacial score (nSPS) is 13.3. The zero-order valence-corrected chi connectivity index (χ0v) is 20.0. The molecule has 0 aliphatic rings. The van der Waals surface area contributed by atoms with Crippen molar-refractivity contribution in [2.45, 2.75) is 50.3 Å². The third-order valence-electron chi connectivity index (χ3n) is 5.55. The second kappa shape index (κ2) is 14.7. The van der Waals surface area contributed by atoms with Crippen molar-refractivity contribution in [2.24, 2.45) is 0 Å². The van der Waals surface area contributed by atoms with E-state index in [1.807, 2.05) is 26.0 Å². The molecule has 2 aromatic carbocycles. The maximum absolute atomic E-state index is 12.3. The Bertz CT molecular complexity index is 1050. The minimum atomic E-state index is -5.26. The van der Waals surface area contributed by atoms with E-state index in [2.05, 4.69) is 5.32 Å². The van der Waals surface area contributed by atoms with Crippen LogP contribution in [0.2, 0.25) is 0 Å². The van der Waals surface area contributed by atoms with Crippen LogP contribution in [0.5, 0.6) is 11.5 Å². The number of amides is 1. The molecule has 10 nitrogen and oxygen atoms in total. The number of nitrogens with one attached hydrogen (secondary N) is 1. The quantitative estimate of drug-likeness (QED) is 0.133. The molecular weight excluding hydrogens is 518 g/mol. The van der Waals surface area contributed by atoms with Crippen molar-refractivity contribution in [3.05, 3.63) is 53.6 Å². The van der Waals surface area contributed by atoms with Gasteiger partial charge in [-0.05, 0) is 60.1 Å². The Labute approximate surface area is 248 Å². The fraction of sp³-hybridized carbons (Fsp3) is 0.381. The second-order valence-electron chi connectivity index (χ2n) is 7.81. The minimum absolute atomic E-state index is 0. The van der Waals surface area contributed by atoms with Crippen molar-refractivity contribution in [2.75, 3.05) is 5.32 Å². The predicted molar refractivity (Wildman–Crippen MR) is 138 cm³/mol. The molecule has 14 heteroatoms.